The summed E-state index contributed by atoms with van der Waals surface area (Å²) in [5, 5.41) is -0.397. The van der Waals surface area contributed by atoms with Crippen LogP contribution in [0.25, 0.3) is 6.08 Å². The zero-order valence-electron chi connectivity index (χ0n) is 15.5. The zero-order valence-corrected chi connectivity index (χ0v) is 17.2. The zero-order chi connectivity index (χ0) is 20.3. The summed E-state index contributed by atoms with van der Waals surface area (Å²) in [6.07, 6.45) is 2.08. The average Bonchev–Trinajstić information content (AvgIpc) is 3.14. The molecule has 2 fully saturated rings. The molecule has 1 atom stereocenters. The van der Waals surface area contributed by atoms with E-state index in [-0.39, 0.29) is 36.4 Å². The molecule has 0 aliphatic carbocycles. The summed E-state index contributed by atoms with van der Waals surface area (Å²) in [6.45, 7) is 2.19. The summed E-state index contributed by atoms with van der Waals surface area (Å²) >= 11 is 0.862. The van der Waals surface area contributed by atoms with Gasteiger partial charge >= 0.3 is 0 Å². The van der Waals surface area contributed by atoms with Crippen molar-refractivity contribution in [3.63, 3.8) is 0 Å². The Morgan fingerprint density at radius 2 is 2.00 bits per heavy atom. The molecule has 28 heavy (non-hydrogen) atoms. The maximum atomic E-state index is 12.6. The minimum Gasteiger partial charge on any atom is -0.339 e. The third kappa shape index (κ3) is 4.64. The fourth-order valence-electron chi connectivity index (χ4n) is 3.40. The fourth-order valence-corrected chi connectivity index (χ4v) is 6.00. The van der Waals surface area contributed by atoms with Gasteiger partial charge in [0.25, 0.3) is 11.1 Å². The van der Waals surface area contributed by atoms with E-state index in [4.69, 9.17) is 0 Å². The Balaban J connectivity index is 1.62. The van der Waals surface area contributed by atoms with Crippen LogP contribution in [0.4, 0.5) is 4.79 Å². The van der Waals surface area contributed by atoms with Gasteiger partial charge in [0, 0.05) is 25.6 Å². The van der Waals surface area contributed by atoms with Crippen molar-refractivity contribution in [1.29, 1.82) is 0 Å². The summed E-state index contributed by atoms with van der Waals surface area (Å²) < 4.78 is 23.4. The lowest BCUT2D eigenvalue weighted by molar-refractivity contribution is -0.133. The molecule has 2 aliphatic rings. The van der Waals surface area contributed by atoms with Gasteiger partial charge in [-0.05, 0) is 36.7 Å². The Hall–Kier alpha value is -2.13. The van der Waals surface area contributed by atoms with Gasteiger partial charge in [0.05, 0.1) is 16.4 Å². The molecule has 0 saturated carbocycles. The second kappa shape index (κ2) is 8.48. The highest BCUT2D eigenvalue weighted by molar-refractivity contribution is 8.18. The summed E-state index contributed by atoms with van der Waals surface area (Å²) in [5.41, 5.74) is 0.823. The van der Waals surface area contributed by atoms with Crippen molar-refractivity contribution in [2.24, 2.45) is 0 Å². The standard InChI is InChI=1S/C19H22N2O5S2/c1-2-20(15-9-11-28(25,26)13-15)17(22)8-10-21-18(23)16(27-19(21)24)12-14-6-4-3-5-7-14/h3-7,12,15H,2,8-11,13H2,1H3/b16-12+. The van der Waals surface area contributed by atoms with E-state index in [9.17, 15) is 22.8 Å². The van der Waals surface area contributed by atoms with Crippen LogP contribution in [0.15, 0.2) is 35.2 Å². The van der Waals surface area contributed by atoms with E-state index >= 15 is 0 Å². The van der Waals surface area contributed by atoms with Crippen LogP contribution in [0.2, 0.25) is 0 Å². The van der Waals surface area contributed by atoms with Gasteiger partial charge in [0.15, 0.2) is 9.84 Å². The molecule has 0 N–H and O–H groups in total. The van der Waals surface area contributed by atoms with Crippen molar-refractivity contribution in [3.05, 3.63) is 40.8 Å². The van der Waals surface area contributed by atoms with E-state index in [1.54, 1.807) is 17.9 Å². The van der Waals surface area contributed by atoms with Gasteiger partial charge in [0.2, 0.25) is 5.91 Å². The first-order chi connectivity index (χ1) is 13.3. The Kier molecular flexibility index (Phi) is 6.24. The molecule has 7 nitrogen and oxygen atoms in total. The van der Waals surface area contributed by atoms with E-state index < -0.39 is 21.0 Å². The predicted octanol–water partition coefficient (Wildman–Crippen LogP) is 2.15. The van der Waals surface area contributed by atoms with Gasteiger partial charge in [-0.2, -0.15) is 0 Å². The highest BCUT2D eigenvalue weighted by Gasteiger charge is 2.37. The fraction of sp³-hybridized carbons (Fsp3) is 0.421. The minimum atomic E-state index is -3.09. The molecular weight excluding hydrogens is 400 g/mol. The monoisotopic (exact) mass is 422 g/mol. The van der Waals surface area contributed by atoms with E-state index in [0.29, 0.717) is 17.9 Å². The van der Waals surface area contributed by atoms with Crippen LogP contribution in [0.1, 0.15) is 25.3 Å². The van der Waals surface area contributed by atoms with Crippen LogP contribution in [-0.2, 0) is 19.4 Å². The number of imide groups is 1. The van der Waals surface area contributed by atoms with Gasteiger partial charge in [-0.15, -0.1) is 0 Å². The SMILES string of the molecule is CCN(C(=O)CCN1C(=O)S/C(=C/c2ccccc2)C1=O)C1CCS(=O)(=O)C1. The smallest absolute Gasteiger partial charge is 0.293 e. The molecule has 2 aliphatic heterocycles. The first-order valence-electron chi connectivity index (χ1n) is 9.11. The summed E-state index contributed by atoms with van der Waals surface area (Å²) in [7, 11) is -3.09. The summed E-state index contributed by atoms with van der Waals surface area (Å²) in [5.74, 6) is -0.572. The number of thioether (sulfide) groups is 1. The second-order valence-electron chi connectivity index (χ2n) is 6.73. The van der Waals surface area contributed by atoms with Crippen molar-refractivity contribution in [1.82, 2.24) is 9.80 Å². The van der Waals surface area contributed by atoms with Crippen LogP contribution < -0.4 is 0 Å². The Labute approximate surface area is 168 Å². The number of hydrogen-bond acceptors (Lipinski definition) is 6. The molecule has 1 unspecified atom stereocenters. The lowest BCUT2D eigenvalue weighted by Crippen LogP contribution is -2.42. The number of amides is 3. The second-order valence-corrected chi connectivity index (χ2v) is 9.95. The summed E-state index contributed by atoms with van der Waals surface area (Å²) in [6, 6.07) is 8.91. The number of sulfone groups is 1. The molecule has 0 spiro atoms. The molecule has 150 valence electrons. The number of nitrogens with zero attached hydrogens (tertiary/aromatic N) is 2. The third-order valence-corrected chi connectivity index (χ3v) is 7.49. The Morgan fingerprint density at radius 1 is 1.29 bits per heavy atom. The van der Waals surface area contributed by atoms with Gasteiger partial charge in [-0.1, -0.05) is 30.3 Å². The summed E-state index contributed by atoms with van der Waals surface area (Å²) in [4.78, 5) is 40.3. The van der Waals surface area contributed by atoms with Gasteiger partial charge in [-0.3, -0.25) is 19.3 Å². The molecule has 2 saturated heterocycles. The highest BCUT2D eigenvalue weighted by atomic mass is 32.2. The maximum Gasteiger partial charge on any atom is 0.293 e. The Bertz CT molecular complexity index is 912. The van der Waals surface area contributed by atoms with Crippen LogP contribution in [0.3, 0.4) is 0 Å². The van der Waals surface area contributed by atoms with Crippen molar-refractivity contribution >= 4 is 44.7 Å². The molecule has 1 aromatic carbocycles. The minimum absolute atomic E-state index is 0.00833. The lowest BCUT2D eigenvalue weighted by Gasteiger charge is -2.27. The number of benzene rings is 1. The van der Waals surface area contributed by atoms with Crippen molar-refractivity contribution in [2.75, 3.05) is 24.6 Å². The molecule has 0 radical (unpaired) electrons. The number of rotatable bonds is 6. The van der Waals surface area contributed by atoms with Gasteiger partial charge < -0.3 is 4.90 Å². The molecule has 0 aromatic heterocycles. The Morgan fingerprint density at radius 3 is 2.61 bits per heavy atom. The van der Waals surface area contributed by atoms with Crippen molar-refractivity contribution < 1.29 is 22.8 Å². The van der Waals surface area contributed by atoms with Crippen LogP contribution in [-0.4, -0.2) is 65.9 Å². The molecule has 0 bridgehead atoms. The van der Waals surface area contributed by atoms with Gasteiger partial charge in [-0.25, -0.2) is 8.42 Å². The highest BCUT2D eigenvalue weighted by Crippen LogP contribution is 2.32. The molecule has 2 heterocycles. The largest absolute Gasteiger partial charge is 0.339 e. The normalized spacial score (nSPS) is 22.8. The average molecular weight is 423 g/mol. The number of carbonyl (C=O) groups is 3. The van der Waals surface area contributed by atoms with E-state index in [0.717, 1.165) is 22.2 Å². The van der Waals surface area contributed by atoms with Crippen LogP contribution in [0, 0.1) is 0 Å². The maximum absolute atomic E-state index is 12.6. The molecule has 1 aromatic rings. The van der Waals surface area contributed by atoms with E-state index in [1.807, 2.05) is 30.3 Å². The number of hydrogen-bond donors (Lipinski definition) is 0. The lowest BCUT2D eigenvalue weighted by atomic mass is 10.2. The van der Waals surface area contributed by atoms with Crippen molar-refractivity contribution in [3.8, 4) is 0 Å². The van der Waals surface area contributed by atoms with Crippen LogP contribution in [0.5, 0.6) is 0 Å². The first-order valence-corrected chi connectivity index (χ1v) is 11.7. The molecule has 3 rings (SSSR count). The quantitative estimate of drug-likeness (QED) is 0.653. The predicted molar refractivity (Wildman–Crippen MR) is 108 cm³/mol. The van der Waals surface area contributed by atoms with Gasteiger partial charge in [0.1, 0.15) is 0 Å². The van der Waals surface area contributed by atoms with Crippen LogP contribution >= 0.6 is 11.8 Å². The van der Waals surface area contributed by atoms with Crippen molar-refractivity contribution in [2.45, 2.75) is 25.8 Å². The first kappa shape index (κ1) is 20.6. The third-order valence-electron chi connectivity index (χ3n) is 4.83. The topological polar surface area (TPSA) is 91.8 Å². The molecule has 9 heteroatoms. The molecule has 3 amide bonds. The molecular formula is C19H22N2O5S2. The van der Waals surface area contributed by atoms with E-state index in [1.165, 1.54) is 0 Å². The van der Waals surface area contributed by atoms with E-state index in [2.05, 4.69) is 0 Å². The number of carbonyl (C=O) groups excluding carboxylic acids is 3.